The normalized spacial score (nSPS) is 17.8. The third-order valence-electron chi connectivity index (χ3n) is 3.30. The maximum atomic E-state index is 11.8. The molecule has 0 aromatic carbocycles. The van der Waals surface area contributed by atoms with Gasteiger partial charge in [-0.2, -0.15) is 0 Å². The van der Waals surface area contributed by atoms with Crippen LogP contribution in [0.1, 0.15) is 33.6 Å². The van der Waals surface area contributed by atoms with Crippen molar-refractivity contribution in [2.24, 2.45) is 0 Å². The van der Waals surface area contributed by atoms with Crippen molar-refractivity contribution in [3.05, 3.63) is 0 Å². The van der Waals surface area contributed by atoms with E-state index in [0.29, 0.717) is 30.6 Å². The van der Waals surface area contributed by atoms with Gasteiger partial charge in [-0.05, 0) is 33.6 Å². The number of amides is 1. The zero-order valence-electron chi connectivity index (χ0n) is 11.9. The molecule has 1 aliphatic carbocycles. The molecule has 0 bridgehead atoms. The standard InChI is InChI=1S/C13H24N2O3S/c1-4-15(5-2)11(16)8-19-9-13(3,12(17)18)14-10-6-7-10/h10,14H,4-9H2,1-3H3,(H,17,18). The second-order valence-corrected chi connectivity index (χ2v) is 6.10. The molecule has 0 aromatic heterocycles. The number of carbonyl (C=O) groups is 2. The number of nitrogens with one attached hydrogen (secondary N) is 1. The van der Waals surface area contributed by atoms with Gasteiger partial charge in [0.25, 0.3) is 0 Å². The van der Waals surface area contributed by atoms with Crippen LogP contribution in [0.2, 0.25) is 0 Å². The van der Waals surface area contributed by atoms with Crippen LogP contribution < -0.4 is 5.32 Å². The van der Waals surface area contributed by atoms with Gasteiger partial charge in [0.05, 0.1) is 5.75 Å². The van der Waals surface area contributed by atoms with E-state index in [-0.39, 0.29) is 5.91 Å². The van der Waals surface area contributed by atoms with Crippen LogP contribution in [0.3, 0.4) is 0 Å². The molecule has 2 N–H and O–H groups in total. The Bertz CT molecular complexity index is 330. The van der Waals surface area contributed by atoms with E-state index in [4.69, 9.17) is 0 Å². The van der Waals surface area contributed by atoms with E-state index < -0.39 is 11.5 Å². The molecule has 1 saturated carbocycles. The average Bonchev–Trinajstić information content (AvgIpc) is 3.14. The van der Waals surface area contributed by atoms with Crippen LogP contribution in [0.4, 0.5) is 0 Å². The number of carboxylic acids is 1. The van der Waals surface area contributed by atoms with Crippen molar-refractivity contribution in [3.63, 3.8) is 0 Å². The van der Waals surface area contributed by atoms with Gasteiger partial charge in [0, 0.05) is 24.9 Å². The maximum Gasteiger partial charge on any atom is 0.324 e. The Kier molecular flexibility index (Phi) is 6.13. The van der Waals surface area contributed by atoms with Crippen LogP contribution in [0.25, 0.3) is 0 Å². The molecule has 1 amide bonds. The van der Waals surface area contributed by atoms with Crippen LogP contribution in [0.5, 0.6) is 0 Å². The van der Waals surface area contributed by atoms with Crippen molar-refractivity contribution >= 4 is 23.6 Å². The Morgan fingerprint density at radius 2 is 1.95 bits per heavy atom. The zero-order chi connectivity index (χ0) is 14.5. The molecular weight excluding hydrogens is 264 g/mol. The molecule has 0 aromatic rings. The first kappa shape index (κ1) is 16.3. The van der Waals surface area contributed by atoms with Crippen LogP contribution in [0.15, 0.2) is 0 Å². The number of hydrogen-bond acceptors (Lipinski definition) is 4. The summed E-state index contributed by atoms with van der Waals surface area (Å²) < 4.78 is 0. The van der Waals surface area contributed by atoms with Crippen LogP contribution in [0, 0.1) is 0 Å². The van der Waals surface area contributed by atoms with E-state index >= 15 is 0 Å². The molecule has 1 atom stereocenters. The van der Waals surface area contributed by atoms with Crippen molar-refractivity contribution in [2.75, 3.05) is 24.6 Å². The molecule has 1 fully saturated rings. The lowest BCUT2D eigenvalue weighted by atomic mass is 10.1. The summed E-state index contributed by atoms with van der Waals surface area (Å²) in [6.45, 7) is 6.99. The average molecular weight is 288 g/mol. The van der Waals surface area contributed by atoms with Crippen molar-refractivity contribution in [1.82, 2.24) is 10.2 Å². The van der Waals surface area contributed by atoms with E-state index in [1.165, 1.54) is 11.8 Å². The molecule has 6 heteroatoms. The highest BCUT2D eigenvalue weighted by atomic mass is 32.2. The van der Waals surface area contributed by atoms with Gasteiger partial charge < -0.3 is 10.0 Å². The second kappa shape index (κ2) is 7.14. The Balaban J connectivity index is 2.39. The predicted octanol–water partition coefficient (Wildman–Crippen LogP) is 1.18. The number of nitrogens with zero attached hydrogens (tertiary/aromatic N) is 1. The van der Waals surface area contributed by atoms with E-state index in [2.05, 4.69) is 5.32 Å². The SMILES string of the molecule is CCN(CC)C(=O)CSCC(C)(NC1CC1)C(=O)O. The monoisotopic (exact) mass is 288 g/mol. The number of rotatable bonds is 9. The van der Waals surface area contributed by atoms with Crippen LogP contribution in [-0.2, 0) is 9.59 Å². The lowest BCUT2D eigenvalue weighted by Gasteiger charge is -2.26. The minimum absolute atomic E-state index is 0.0779. The molecule has 19 heavy (non-hydrogen) atoms. The van der Waals surface area contributed by atoms with Crippen molar-refractivity contribution in [3.8, 4) is 0 Å². The van der Waals surface area contributed by atoms with Gasteiger partial charge in [-0.1, -0.05) is 0 Å². The first-order valence-electron chi connectivity index (χ1n) is 6.79. The molecule has 0 radical (unpaired) electrons. The summed E-state index contributed by atoms with van der Waals surface area (Å²) in [4.78, 5) is 24.9. The zero-order valence-corrected chi connectivity index (χ0v) is 12.8. The van der Waals surface area contributed by atoms with E-state index in [9.17, 15) is 14.7 Å². The minimum Gasteiger partial charge on any atom is -0.480 e. The topological polar surface area (TPSA) is 69.6 Å². The molecule has 0 heterocycles. The van der Waals surface area contributed by atoms with Gasteiger partial charge in [-0.3, -0.25) is 14.9 Å². The predicted molar refractivity (Wildman–Crippen MR) is 77.5 cm³/mol. The fourth-order valence-electron chi connectivity index (χ4n) is 1.85. The van der Waals surface area contributed by atoms with Gasteiger partial charge in [0.15, 0.2) is 0 Å². The first-order valence-corrected chi connectivity index (χ1v) is 7.95. The first-order chi connectivity index (χ1) is 8.92. The molecule has 1 aliphatic rings. The van der Waals surface area contributed by atoms with Crippen molar-refractivity contribution in [2.45, 2.75) is 45.2 Å². The summed E-state index contributed by atoms with van der Waals surface area (Å²) in [6, 6.07) is 0.334. The summed E-state index contributed by atoms with van der Waals surface area (Å²) in [6.07, 6.45) is 2.10. The third kappa shape index (κ3) is 5.03. The molecule has 1 unspecified atom stereocenters. The van der Waals surface area contributed by atoms with Crippen molar-refractivity contribution < 1.29 is 14.7 Å². The number of carbonyl (C=O) groups excluding carboxylic acids is 1. The quantitative estimate of drug-likeness (QED) is 0.667. The van der Waals surface area contributed by atoms with E-state index in [1.54, 1.807) is 11.8 Å². The van der Waals surface area contributed by atoms with E-state index in [1.807, 2.05) is 13.8 Å². The number of aliphatic carboxylic acids is 1. The van der Waals surface area contributed by atoms with Gasteiger partial charge in [-0.25, -0.2) is 0 Å². The highest BCUT2D eigenvalue weighted by molar-refractivity contribution is 8.00. The minimum atomic E-state index is -0.935. The Labute approximate surface area is 119 Å². The summed E-state index contributed by atoms with van der Waals surface area (Å²) in [5, 5.41) is 12.5. The molecule has 1 rings (SSSR count). The summed E-state index contributed by atoms with van der Waals surface area (Å²) in [5.41, 5.74) is -0.935. The molecular formula is C13H24N2O3S. The largest absolute Gasteiger partial charge is 0.480 e. The summed E-state index contributed by atoms with van der Waals surface area (Å²) >= 11 is 1.39. The summed E-state index contributed by atoms with van der Waals surface area (Å²) in [7, 11) is 0. The summed E-state index contributed by atoms with van der Waals surface area (Å²) in [5.74, 6) is -0.0146. The maximum absolute atomic E-state index is 11.8. The number of carboxylic acid groups (broad SMARTS) is 1. The molecule has 0 saturated heterocycles. The van der Waals surface area contributed by atoms with Gasteiger partial charge in [-0.15, -0.1) is 11.8 Å². The highest BCUT2D eigenvalue weighted by Gasteiger charge is 2.38. The Morgan fingerprint density at radius 3 is 2.37 bits per heavy atom. The van der Waals surface area contributed by atoms with Gasteiger partial charge >= 0.3 is 5.97 Å². The molecule has 5 nitrogen and oxygen atoms in total. The molecule has 110 valence electrons. The molecule has 0 aliphatic heterocycles. The second-order valence-electron chi connectivity index (χ2n) is 5.11. The van der Waals surface area contributed by atoms with Crippen LogP contribution in [-0.4, -0.2) is 58.1 Å². The fraction of sp³-hybridized carbons (Fsp3) is 0.846. The lowest BCUT2D eigenvalue weighted by Crippen LogP contribution is -2.52. The van der Waals surface area contributed by atoms with Crippen LogP contribution >= 0.6 is 11.8 Å². The highest BCUT2D eigenvalue weighted by Crippen LogP contribution is 2.24. The Morgan fingerprint density at radius 1 is 1.37 bits per heavy atom. The fourth-order valence-corrected chi connectivity index (χ4v) is 2.93. The number of hydrogen-bond donors (Lipinski definition) is 2. The van der Waals surface area contributed by atoms with Gasteiger partial charge in [0.2, 0.25) is 5.91 Å². The molecule has 0 spiro atoms. The Hall–Kier alpha value is -0.750. The van der Waals surface area contributed by atoms with Gasteiger partial charge in [0.1, 0.15) is 5.54 Å². The number of thioether (sulfide) groups is 1. The van der Waals surface area contributed by atoms with Crippen molar-refractivity contribution in [1.29, 1.82) is 0 Å². The lowest BCUT2D eigenvalue weighted by molar-refractivity contribution is -0.143. The third-order valence-corrected chi connectivity index (χ3v) is 4.54. The smallest absolute Gasteiger partial charge is 0.324 e. The van der Waals surface area contributed by atoms with E-state index in [0.717, 1.165) is 12.8 Å².